The second-order valence-electron chi connectivity index (χ2n) is 6.28. The van der Waals surface area contributed by atoms with E-state index < -0.39 is 23.4 Å². The monoisotopic (exact) mass is 407 g/mol. The Morgan fingerprint density at radius 3 is 2.53 bits per heavy atom. The summed E-state index contributed by atoms with van der Waals surface area (Å²) in [5, 5.41) is 17.0. The quantitative estimate of drug-likeness (QED) is 0.274. The number of hydrogen-bond donors (Lipinski definition) is 1. The fourth-order valence-corrected chi connectivity index (χ4v) is 2.42. The first-order valence-electron chi connectivity index (χ1n) is 8.83. The van der Waals surface area contributed by atoms with Crippen molar-refractivity contribution in [2.24, 2.45) is 0 Å². The first-order chi connectivity index (χ1) is 14.4. The van der Waals surface area contributed by atoms with E-state index >= 15 is 0 Å². The van der Waals surface area contributed by atoms with Crippen LogP contribution < -0.4 is 5.32 Å². The predicted octanol–water partition coefficient (Wildman–Crippen LogP) is 3.75. The Morgan fingerprint density at radius 1 is 1.17 bits per heavy atom. The number of rotatable bonds is 7. The molecule has 9 heteroatoms. The first kappa shape index (κ1) is 20.5. The summed E-state index contributed by atoms with van der Waals surface area (Å²) < 4.78 is 9.93. The smallest absolute Gasteiger partial charge is 0.331 e. The summed E-state index contributed by atoms with van der Waals surface area (Å²) in [6.45, 7) is 1.46. The van der Waals surface area contributed by atoms with Gasteiger partial charge in [-0.3, -0.25) is 20.2 Å². The molecule has 1 N–H and O–H groups in total. The van der Waals surface area contributed by atoms with Gasteiger partial charge in [-0.15, -0.1) is 0 Å². The van der Waals surface area contributed by atoms with Crippen molar-refractivity contribution in [3.05, 3.63) is 81.9 Å². The van der Waals surface area contributed by atoms with Crippen LogP contribution >= 0.6 is 0 Å². The van der Waals surface area contributed by atoms with Gasteiger partial charge in [0.2, 0.25) is 5.88 Å². The Morgan fingerprint density at radius 2 is 1.87 bits per heavy atom. The second-order valence-corrected chi connectivity index (χ2v) is 6.28. The highest BCUT2D eigenvalue weighted by atomic mass is 16.6. The maximum atomic E-state index is 11.9. The fourth-order valence-electron chi connectivity index (χ4n) is 2.42. The largest absolute Gasteiger partial charge is 0.452 e. The highest BCUT2D eigenvalue weighted by Gasteiger charge is 2.11. The van der Waals surface area contributed by atoms with Crippen molar-refractivity contribution < 1.29 is 23.8 Å². The van der Waals surface area contributed by atoms with Gasteiger partial charge in [0.1, 0.15) is 5.69 Å². The minimum Gasteiger partial charge on any atom is -0.452 e. The van der Waals surface area contributed by atoms with Crippen molar-refractivity contribution in [3.63, 3.8) is 0 Å². The van der Waals surface area contributed by atoms with Crippen LogP contribution in [0.4, 0.5) is 11.6 Å². The SMILES string of the molecule is Cc1ccc(-c2cc(NC(=O)COC(=O)/C=C/c3ccc([N+](=O)[O-])cc3)on2)cc1. The molecule has 0 saturated carbocycles. The number of esters is 1. The van der Waals surface area contributed by atoms with Crippen LogP contribution in [0.2, 0.25) is 0 Å². The van der Waals surface area contributed by atoms with E-state index in [0.717, 1.165) is 17.2 Å². The van der Waals surface area contributed by atoms with Crippen molar-refractivity contribution in [3.8, 4) is 11.3 Å². The fraction of sp³-hybridized carbons (Fsp3) is 0.0952. The molecule has 0 spiro atoms. The molecule has 0 unspecified atom stereocenters. The molecule has 0 atom stereocenters. The standard InChI is InChI=1S/C21H17N3O6/c1-14-2-7-16(8-3-14)18-12-20(30-23-18)22-19(25)13-29-21(26)11-6-15-4-9-17(10-5-15)24(27)28/h2-12H,13H2,1H3,(H,22,25)/b11-6+. The third kappa shape index (κ3) is 5.61. The summed E-state index contributed by atoms with van der Waals surface area (Å²) in [7, 11) is 0. The summed E-state index contributed by atoms with van der Waals surface area (Å²) in [5.41, 5.74) is 3.04. The molecular weight excluding hydrogens is 390 g/mol. The Labute approximate surface area is 171 Å². The van der Waals surface area contributed by atoms with E-state index in [1.54, 1.807) is 6.07 Å². The summed E-state index contributed by atoms with van der Waals surface area (Å²) in [4.78, 5) is 33.7. The van der Waals surface area contributed by atoms with Gasteiger partial charge in [0.05, 0.1) is 4.92 Å². The molecule has 3 aromatic rings. The third-order valence-electron chi connectivity index (χ3n) is 3.98. The topological polar surface area (TPSA) is 125 Å². The van der Waals surface area contributed by atoms with Crippen LogP contribution in [0.15, 0.2) is 65.2 Å². The van der Waals surface area contributed by atoms with E-state index in [9.17, 15) is 19.7 Å². The molecule has 0 saturated heterocycles. The number of anilines is 1. The van der Waals surface area contributed by atoms with Crippen LogP contribution in [0.5, 0.6) is 0 Å². The molecule has 152 valence electrons. The number of nitro groups is 1. The summed E-state index contributed by atoms with van der Waals surface area (Å²) >= 11 is 0. The molecule has 0 radical (unpaired) electrons. The van der Waals surface area contributed by atoms with E-state index in [2.05, 4.69) is 10.5 Å². The molecule has 0 aliphatic carbocycles. The number of ether oxygens (including phenoxy) is 1. The number of hydrogen-bond acceptors (Lipinski definition) is 7. The zero-order chi connectivity index (χ0) is 21.5. The lowest BCUT2D eigenvalue weighted by molar-refractivity contribution is -0.384. The lowest BCUT2D eigenvalue weighted by Crippen LogP contribution is -2.19. The number of benzene rings is 2. The zero-order valence-corrected chi connectivity index (χ0v) is 15.9. The molecule has 30 heavy (non-hydrogen) atoms. The Kier molecular flexibility index (Phi) is 6.33. The second kappa shape index (κ2) is 9.28. The van der Waals surface area contributed by atoms with Crippen LogP contribution in [0, 0.1) is 17.0 Å². The van der Waals surface area contributed by atoms with Crippen molar-refractivity contribution in [1.82, 2.24) is 5.16 Å². The van der Waals surface area contributed by atoms with Crippen LogP contribution in [-0.4, -0.2) is 28.6 Å². The molecule has 3 rings (SSSR count). The van der Waals surface area contributed by atoms with E-state index in [1.165, 1.54) is 30.3 Å². The summed E-state index contributed by atoms with van der Waals surface area (Å²) in [6, 6.07) is 14.8. The minimum atomic E-state index is -0.735. The van der Waals surface area contributed by atoms with Crippen molar-refractivity contribution in [2.45, 2.75) is 6.92 Å². The molecule has 0 aliphatic rings. The number of amides is 1. The molecule has 0 bridgehead atoms. The number of nitro benzene ring substituents is 1. The van der Waals surface area contributed by atoms with Crippen LogP contribution in [0.1, 0.15) is 11.1 Å². The average molecular weight is 407 g/mol. The maximum Gasteiger partial charge on any atom is 0.331 e. The number of aryl methyl sites for hydroxylation is 1. The zero-order valence-electron chi connectivity index (χ0n) is 15.9. The number of aromatic nitrogens is 1. The van der Waals surface area contributed by atoms with Gasteiger partial charge in [0, 0.05) is 29.8 Å². The van der Waals surface area contributed by atoms with Gasteiger partial charge >= 0.3 is 5.97 Å². The molecule has 0 fully saturated rings. The van der Waals surface area contributed by atoms with Crippen molar-refractivity contribution >= 4 is 29.5 Å². The molecule has 9 nitrogen and oxygen atoms in total. The van der Waals surface area contributed by atoms with Crippen LogP contribution in [0.3, 0.4) is 0 Å². The Hall–Kier alpha value is -4.27. The normalized spacial score (nSPS) is 10.7. The van der Waals surface area contributed by atoms with Crippen molar-refractivity contribution in [1.29, 1.82) is 0 Å². The van der Waals surface area contributed by atoms with Crippen molar-refractivity contribution in [2.75, 3.05) is 11.9 Å². The van der Waals surface area contributed by atoms with E-state index in [4.69, 9.17) is 9.26 Å². The van der Waals surface area contributed by atoms with Gasteiger partial charge in [-0.05, 0) is 30.7 Å². The van der Waals surface area contributed by atoms with E-state index in [0.29, 0.717) is 11.3 Å². The number of non-ortho nitro benzene ring substituents is 1. The van der Waals surface area contributed by atoms with Gasteiger partial charge in [-0.1, -0.05) is 35.0 Å². The average Bonchev–Trinajstić information content (AvgIpc) is 3.20. The van der Waals surface area contributed by atoms with Crippen LogP contribution in [0.25, 0.3) is 17.3 Å². The maximum absolute atomic E-state index is 11.9. The van der Waals surface area contributed by atoms with Gasteiger partial charge in [-0.25, -0.2) is 4.79 Å². The summed E-state index contributed by atoms with van der Waals surface area (Å²) in [5.74, 6) is -1.19. The Bertz CT molecular complexity index is 1080. The predicted molar refractivity (Wildman–Crippen MR) is 108 cm³/mol. The van der Waals surface area contributed by atoms with Crippen LogP contribution in [-0.2, 0) is 14.3 Å². The van der Waals surface area contributed by atoms with Gasteiger partial charge < -0.3 is 9.26 Å². The van der Waals surface area contributed by atoms with Gasteiger partial charge in [-0.2, -0.15) is 0 Å². The number of carbonyl (C=O) groups is 2. The summed E-state index contributed by atoms with van der Waals surface area (Å²) in [6.07, 6.45) is 2.55. The molecule has 1 heterocycles. The lowest BCUT2D eigenvalue weighted by Gasteiger charge is -2.01. The van der Waals surface area contributed by atoms with E-state index in [1.807, 2.05) is 31.2 Å². The molecule has 2 aromatic carbocycles. The highest BCUT2D eigenvalue weighted by Crippen LogP contribution is 2.22. The molecule has 1 amide bonds. The van der Waals surface area contributed by atoms with E-state index in [-0.39, 0.29) is 11.6 Å². The number of carbonyl (C=O) groups excluding carboxylic acids is 2. The first-order valence-corrected chi connectivity index (χ1v) is 8.83. The number of nitrogens with one attached hydrogen (secondary N) is 1. The molecular formula is C21H17N3O6. The third-order valence-corrected chi connectivity index (χ3v) is 3.98. The Balaban J connectivity index is 1.47. The number of nitrogens with zero attached hydrogens (tertiary/aromatic N) is 2. The highest BCUT2D eigenvalue weighted by molar-refractivity contribution is 5.94. The lowest BCUT2D eigenvalue weighted by atomic mass is 10.1. The molecule has 1 aromatic heterocycles. The minimum absolute atomic E-state index is 0.0515. The van der Waals surface area contributed by atoms with Gasteiger partial charge in [0.15, 0.2) is 6.61 Å². The molecule has 0 aliphatic heterocycles. The van der Waals surface area contributed by atoms with Gasteiger partial charge in [0.25, 0.3) is 11.6 Å².